The molecular formula is C13H21F. The molecule has 1 aromatic rings. The fourth-order valence-corrected chi connectivity index (χ4v) is 1.22. The monoisotopic (exact) mass is 196 g/mol. The molecule has 0 radical (unpaired) electrons. The van der Waals surface area contributed by atoms with E-state index in [0.29, 0.717) is 5.92 Å². The van der Waals surface area contributed by atoms with Crippen molar-refractivity contribution in [3.05, 3.63) is 35.1 Å². The van der Waals surface area contributed by atoms with Gasteiger partial charge in [0, 0.05) is 0 Å². The van der Waals surface area contributed by atoms with E-state index >= 15 is 0 Å². The van der Waals surface area contributed by atoms with Crippen LogP contribution in [0.4, 0.5) is 4.39 Å². The maximum absolute atomic E-state index is 13.0. The third-order valence-electron chi connectivity index (χ3n) is 2.12. The lowest BCUT2D eigenvalue weighted by Crippen LogP contribution is -1.93. The van der Waals surface area contributed by atoms with Crippen LogP contribution >= 0.6 is 0 Å². The number of benzene rings is 1. The molecule has 0 saturated carbocycles. The summed E-state index contributed by atoms with van der Waals surface area (Å²) < 4.78 is 13.0. The Morgan fingerprint density at radius 3 is 2.21 bits per heavy atom. The Hall–Kier alpha value is -0.850. The van der Waals surface area contributed by atoms with Gasteiger partial charge in [0.2, 0.25) is 0 Å². The normalized spacial score (nSPS) is 9.64. The summed E-state index contributed by atoms with van der Waals surface area (Å²) in [5.74, 6) is 0.401. The number of hydrogen-bond acceptors (Lipinski definition) is 0. The van der Waals surface area contributed by atoms with Crippen molar-refractivity contribution in [3.63, 3.8) is 0 Å². The minimum atomic E-state index is -0.0816. The Morgan fingerprint density at radius 1 is 1.21 bits per heavy atom. The van der Waals surface area contributed by atoms with Crippen molar-refractivity contribution in [2.75, 3.05) is 0 Å². The molecule has 0 spiro atoms. The van der Waals surface area contributed by atoms with Crippen molar-refractivity contribution in [3.8, 4) is 0 Å². The standard InChI is InChI=1S/C11H15F.C2H6/c1-4-9-7-10(8(2)3)5-6-11(9)12;1-2/h5-8H,4H2,1-3H3;1-2H3. The summed E-state index contributed by atoms with van der Waals surface area (Å²) in [5.41, 5.74) is 2.04. The molecule has 0 aliphatic heterocycles. The molecule has 0 heterocycles. The Kier molecular flexibility index (Phi) is 6.18. The van der Waals surface area contributed by atoms with Crippen molar-refractivity contribution in [1.82, 2.24) is 0 Å². The number of hydrogen-bond donors (Lipinski definition) is 0. The average molecular weight is 196 g/mol. The highest BCUT2D eigenvalue weighted by molar-refractivity contribution is 5.27. The second kappa shape index (κ2) is 6.58. The van der Waals surface area contributed by atoms with E-state index in [1.165, 1.54) is 5.56 Å². The molecule has 0 atom stereocenters. The van der Waals surface area contributed by atoms with Crippen molar-refractivity contribution in [2.45, 2.75) is 47.0 Å². The zero-order chi connectivity index (χ0) is 11.1. The van der Waals surface area contributed by atoms with E-state index in [4.69, 9.17) is 0 Å². The minimum absolute atomic E-state index is 0.0816. The van der Waals surface area contributed by atoms with Crippen LogP contribution in [0.15, 0.2) is 18.2 Å². The van der Waals surface area contributed by atoms with E-state index in [2.05, 4.69) is 13.8 Å². The van der Waals surface area contributed by atoms with Crippen LogP contribution in [0.1, 0.15) is 51.7 Å². The third-order valence-corrected chi connectivity index (χ3v) is 2.12. The highest BCUT2D eigenvalue weighted by Crippen LogP contribution is 2.18. The summed E-state index contributed by atoms with van der Waals surface area (Å²) in [6, 6.07) is 5.38. The molecule has 0 aromatic heterocycles. The van der Waals surface area contributed by atoms with Gasteiger partial charge in [-0.05, 0) is 29.5 Å². The maximum atomic E-state index is 13.0. The predicted molar refractivity (Wildman–Crippen MR) is 61.2 cm³/mol. The molecule has 14 heavy (non-hydrogen) atoms. The number of aryl methyl sites for hydroxylation is 1. The van der Waals surface area contributed by atoms with Crippen molar-refractivity contribution < 1.29 is 4.39 Å². The van der Waals surface area contributed by atoms with Crippen molar-refractivity contribution in [1.29, 1.82) is 0 Å². The highest BCUT2D eigenvalue weighted by Gasteiger charge is 2.03. The lowest BCUT2D eigenvalue weighted by atomic mass is 10.00. The molecule has 80 valence electrons. The molecule has 0 bridgehead atoms. The van der Waals surface area contributed by atoms with Gasteiger partial charge in [-0.1, -0.05) is 46.8 Å². The lowest BCUT2D eigenvalue weighted by Gasteiger charge is -2.07. The van der Waals surface area contributed by atoms with E-state index in [-0.39, 0.29) is 5.82 Å². The molecule has 0 nitrogen and oxygen atoms in total. The van der Waals surface area contributed by atoms with Gasteiger partial charge in [0.05, 0.1) is 0 Å². The molecule has 0 fully saturated rings. The first-order valence-corrected chi connectivity index (χ1v) is 5.43. The van der Waals surface area contributed by atoms with Crippen LogP contribution in [0.2, 0.25) is 0 Å². The molecule has 0 amide bonds. The summed E-state index contributed by atoms with van der Waals surface area (Å²) in [7, 11) is 0. The van der Waals surface area contributed by atoms with Gasteiger partial charge in [0.1, 0.15) is 5.82 Å². The van der Waals surface area contributed by atoms with Gasteiger partial charge in [-0.15, -0.1) is 0 Å². The summed E-state index contributed by atoms with van der Waals surface area (Å²) in [6.07, 6.45) is 0.770. The quantitative estimate of drug-likeness (QED) is 0.651. The first-order valence-electron chi connectivity index (χ1n) is 5.43. The molecule has 0 unspecified atom stereocenters. The van der Waals surface area contributed by atoms with Crippen molar-refractivity contribution >= 4 is 0 Å². The molecule has 0 N–H and O–H groups in total. The number of halogens is 1. The van der Waals surface area contributed by atoms with Gasteiger partial charge in [0.25, 0.3) is 0 Å². The van der Waals surface area contributed by atoms with Crippen LogP contribution < -0.4 is 0 Å². The SMILES string of the molecule is CC.CCc1cc(C(C)C)ccc1F. The van der Waals surface area contributed by atoms with Gasteiger partial charge in [-0.3, -0.25) is 0 Å². The van der Waals surface area contributed by atoms with Crippen molar-refractivity contribution in [2.24, 2.45) is 0 Å². The van der Waals surface area contributed by atoms with E-state index < -0.39 is 0 Å². The first-order chi connectivity index (χ1) is 6.65. The molecule has 0 aliphatic rings. The van der Waals surface area contributed by atoms with E-state index in [1.54, 1.807) is 6.07 Å². The van der Waals surface area contributed by atoms with Gasteiger partial charge in [-0.2, -0.15) is 0 Å². The van der Waals surface area contributed by atoms with Crippen LogP contribution in [0.25, 0.3) is 0 Å². The predicted octanol–water partition coefficient (Wildman–Crippen LogP) is 4.54. The van der Waals surface area contributed by atoms with E-state index in [9.17, 15) is 4.39 Å². The molecule has 0 saturated heterocycles. The Morgan fingerprint density at radius 2 is 1.79 bits per heavy atom. The molecule has 0 aliphatic carbocycles. The van der Waals surface area contributed by atoms with Crippen LogP contribution in [-0.4, -0.2) is 0 Å². The van der Waals surface area contributed by atoms with Gasteiger partial charge in [0.15, 0.2) is 0 Å². The summed E-state index contributed by atoms with van der Waals surface area (Å²) in [6.45, 7) is 10.2. The van der Waals surface area contributed by atoms with Crippen LogP contribution in [0, 0.1) is 5.82 Å². The van der Waals surface area contributed by atoms with Crippen LogP contribution in [-0.2, 0) is 6.42 Å². The largest absolute Gasteiger partial charge is 0.207 e. The smallest absolute Gasteiger partial charge is 0.126 e. The van der Waals surface area contributed by atoms with Gasteiger partial charge < -0.3 is 0 Å². The second-order valence-electron chi connectivity index (χ2n) is 3.36. The van der Waals surface area contributed by atoms with E-state index in [0.717, 1.165) is 12.0 Å². The van der Waals surface area contributed by atoms with Crippen LogP contribution in [0.5, 0.6) is 0 Å². The fourth-order valence-electron chi connectivity index (χ4n) is 1.22. The first kappa shape index (κ1) is 13.2. The third kappa shape index (κ3) is 3.49. The molecule has 1 rings (SSSR count). The molecule has 1 aromatic carbocycles. The van der Waals surface area contributed by atoms with Gasteiger partial charge >= 0.3 is 0 Å². The fraction of sp³-hybridized carbons (Fsp3) is 0.538. The average Bonchev–Trinajstić information content (AvgIpc) is 2.21. The minimum Gasteiger partial charge on any atom is -0.207 e. The Bertz CT molecular complexity index is 264. The zero-order valence-corrected chi connectivity index (χ0v) is 9.89. The summed E-state index contributed by atoms with van der Waals surface area (Å²) in [4.78, 5) is 0. The summed E-state index contributed by atoms with van der Waals surface area (Å²) in [5, 5.41) is 0. The number of rotatable bonds is 2. The molecule has 1 heteroatoms. The second-order valence-corrected chi connectivity index (χ2v) is 3.36. The highest BCUT2D eigenvalue weighted by atomic mass is 19.1. The lowest BCUT2D eigenvalue weighted by molar-refractivity contribution is 0.610. The van der Waals surface area contributed by atoms with Crippen LogP contribution in [0.3, 0.4) is 0 Å². The Labute approximate surface area is 87.2 Å². The zero-order valence-electron chi connectivity index (χ0n) is 9.89. The topological polar surface area (TPSA) is 0 Å². The Balaban J connectivity index is 0.000000791. The van der Waals surface area contributed by atoms with E-state index in [1.807, 2.05) is 32.9 Å². The molecular weight excluding hydrogens is 175 g/mol. The summed E-state index contributed by atoms with van der Waals surface area (Å²) >= 11 is 0. The maximum Gasteiger partial charge on any atom is 0.126 e. The van der Waals surface area contributed by atoms with Gasteiger partial charge in [-0.25, -0.2) is 4.39 Å².